The number of nitrogens with one attached hydrogen (secondary N) is 2. The molecule has 170 valence electrons. The molecule has 8 N–H and O–H groups in total. The Morgan fingerprint density at radius 2 is 1.77 bits per heavy atom. The van der Waals surface area contributed by atoms with Crippen molar-refractivity contribution in [2.75, 3.05) is 13.1 Å². The Labute approximate surface area is 174 Å². The quantitative estimate of drug-likeness (QED) is 0.189. The number of carbonyl (C=O) groups excluding carboxylic acids is 3. The highest BCUT2D eigenvalue weighted by Gasteiger charge is 2.37. The van der Waals surface area contributed by atoms with Crippen LogP contribution in [0.15, 0.2) is 0 Å². The molecule has 12 nitrogen and oxygen atoms in total. The smallest absolute Gasteiger partial charge is 0.326 e. The Morgan fingerprint density at radius 3 is 2.33 bits per heavy atom. The molecule has 0 aromatic carbocycles. The first kappa shape index (κ1) is 25.3. The number of hydrogen-bond donors (Lipinski definition) is 6. The number of likely N-dealkylation sites (tertiary alicyclic amines) is 1. The zero-order chi connectivity index (χ0) is 22.8. The largest absolute Gasteiger partial charge is 0.481 e. The minimum absolute atomic E-state index is 0.253. The topological polar surface area (TPSA) is 205 Å². The number of rotatable bonds is 12. The molecule has 1 saturated heterocycles. The summed E-state index contributed by atoms with van der Waals surface area (Å²) >= 11 is 0. The first-order chi connectivity index (χ1) is 14.1. The van der Waals surface area contributed by atoms with Crippen LogP contribution in [-0.2, 0) is 24.0 Å². The van der Waals surface area contributed by atoms with Crippen molar-refractivity contribution in [3.05, 3.63) is 0 Å². The van der Waals surface area contributed by atoms with E-state index in [1.165, 1.54) is 11.8 Å². The van der Waals surface area contributed by atoms with E-state index >= 15 is 0 Å². The minimum atomic E-state index is -1.43. The number of carboxylic acids is 2. The van der Waals surface area contributed by atoms with E-state index in [4.69, 9.17) is 16.6 Å². The molecule has 0 saturated carbocycles. The maximum absolute atomic E-state index is 12.5. The molecule has 1 aliphatic rings. The summed E-state index contributed by atoms with van der Waals surface area (Å²) in [7, 11) is 0. The third-order valence-corrected chi connectivity index (χ3v) is 4.87. The second-order valence-electron chi connectivity index (χ2n) is 7.31. The molecule has 1 heterocycles. The molecule has 12 heteroatoms. The first-order valence-corrected chi connectivity index (χ1v) is 9.90. The normalized spacial score (nSPS) is 18.9. The van der Waals surface area contributed by atoms with Gasteiger partial charge in [0.25, 0.3) is 0 Å². The lowest BCUT2D eigenvalue weighted by Gasteiger charge is -2.26. The molecule has 1 rings (SSSR count). The molecule has 1 aliphatic heterocycles. The standard InChI is InChI=1S/C18H31N5O7/c1-10(17(28)23-8-4-6-13(23)18(29)30)21-16(27)12(9-14(24)25)22-15(26)11(20)5-2-3-7-19/h10-13H,2-9,19-20H2,1H3,(H,21,27)(H,22,26)(H,24,25)(H,29,30). The van der Waals surface area contributed by atoms with E-state index in [0.717, 1.165) is 0 Å². The van der Waals surface area contributed by atoms with Gasteiger partial charge in [0.15, 0.2) is 0 Å². The fourth-order valence-corrected chi connectivity index (χ4v) is 3.21. The summed E-state index contributed by atoms with van der Waals surface area (Å²) in [6, 6.07) is -4.41. The van der Waals surface area contributed by atoms with Gasteiger partial charge in [0.1, 0.15) is 18.1 Å². The van der Waals surface area contributed by atoms with Crippen LogP contribution < -0.4 is 22.1 Å². The zero-order valence-electron chi connectivity index (χ0n) is 17.0. The molecule has 3 amide bonds. The molecule has 0 radical (unpaired) electrons. The molecule has 4 unspecified atom stereocenters. The second kappa shape index (κ2) is 12.1. The average molecular weight is 429 g/mol. The molecular weight excluding hydrogens is 398 g/mol. The van der Waals surface area contributed by atoms with Crippen LogP contribution in [-0.4, -0.2) is 82.0 Å². The molecular formula is C18H31N5O7. The monoisotopic (exact) mass is 429 g/mol. The third kappa shape index (κ3) is 7.59. The Bertz CT molecular complexity index is 657. The van der Waals surface area contributed by atoms with Crippen LogP contribution in [0.3, 0.4) is 0 Å². The Morgan fingerprint density at radius 1 is 1.10 bits per heavy atom. The number of carbonyl (C=O) groups is 5. The zero-order valence-corrected chi connectivity index (χ0v) is 17.0. The van der Waals surface area contributed by atoms with Crippen molar-refractivity contribution in [1.82, 2.24) is 15.5 Å². The number of unbranched alkanes of at least 4 members (excludes halogenated alkanes) is 1. The van der Waals surface area contributed by atoms with Crippen LogP contribution >= 0.6 is 0 Å². The van der Waals surface area contributed by atoms with Gasteiger partial charge in [0, 0.05) is 6.54 Å². The predicted octanol–water partition coefficient (Wildman–Crippen LogP) is -2.02. The van der Waals surface area contributed by atoms with Gasteiger partial charge in [-0.2, -0.15) is 0 Å². The van der Waals surface area contributed by atoms with Crippen molar-refractivity contribution in [2.45, 2.75) is 69.6 Å². The van der Waals surface area contributed by atoms with E-state index in [1.807, 2.05) is 0 Å². The summed E-state index contributed by atoms with van der Waals surface area (Å²) in [4.78, 5) is 60.8. The first-order valence-electron chi connectivity index (χ1n) is 9.90. The molecule has 0 aliphatic carbocycles. The van der Waals surface area contributed by atoms with Crippen molar-refractivity contribution in [3.8, 4) is 0 Å². The summed E-state index contributed by atoms with van der Waals surface area (Å²) in [6.07, 6.45) is 1.76. The van der Waals surface area contributed by atoms with Crippen molar-refractivity contribution >= 4 is 29.7 Å². The lowest BCUT2D eigenvalue weighted by molar-refractivity contribution is -0.149. The van der Waals surface area contributed by atoms with Gasteiger partial charge in [-0.15, -0.1) is 0 Å². The van der Waals surface area contributed by atoms with Crippen LogP contribution in [0.1, 0.15) is 45.4 Å². The highest BCUT2D eigenvalue weighted by molar-refractivity contribution is 5.95. The minimum Gasteiger partial charge on any atom is -0.481 e. The van der Waals surface area contributed by atoms with Crippen molar-refractivity contribution in [2.24, 2.45) is 11.5 Å². The second-order valence-corrected chi connectivity index (χ2v) is 7.31. The molecule has 0 aromatic heterocycles. The van der Waals surface area contributed by atoms with Crippen LogP contribution in [0.2, 0.25) is 0 Å². The fourth-order valence-electron chi connectivity index (χ4n) is 3.21. The lowest BCUT2D eigenvalue weighted by atomic mass is 10.1. The summed E-state index contributed by atoms with van der Waals surface area (Å²) in [5, 5.41) is 22.9. The van der Waals surface area contributed by atoms with Crippen LogP contribution in [0.4, 0.5) is 0 Å². The Balaban J connectivity index is 2.73. The number of nitrogens with zero attached hydrogens (tertiary/aromatic N) is 1. The van der Waals surface area contributed by atoms with Crippen LogP contribution in [0.25, 0.3) is 0 Å². The van der Waals surface area contributed by atoms with Gasteiger partial charge in [-0.25, -0.2) is 4.79 Å². The number of hydrogen-bond acceptors (Lipinski definition) is 7. The van der Waals surface area contributed by atoms with Crippen molar-refractivity contribution < 1.29 is 34.2 Å². The van der Waals surface area contributed by atoms with E-state index in [1.54, 1.807) is 0 Å². The molecule has 0 bridgehead atoms. The highest BCUT2D eigenvalue weighted by Crippen LogP contribution is 2.18. The van der Waals surface area contributed by atoms with E-state index in [2.05, 4.69) is 10.6 Å². The number of aliphatic carboxylic acids is 2. The third-order valence-electron chi connectivity index (χ3n) is 4.87. The van der Waals surface area contributed by atoms with Crippen molar-refractivity contribution in [1.29, 1.82) is 0 Å². The Hall–Kier alpha value is -2.73. The van der Waals surface area contributed by atoms with Gasteiger partial charge >= 0.3 is 11.9 Å². The van der Waals surface area contributed by atoms with Gasteiger partial charge in [0.2, 0.25) is 17.7 Å². The number of nitrogens with two attached hydrogens (primary N) is 2. The SMILES string of the molecule is CC(NC(=O)C(CC(=O)O)NC(=O)C(N)CCCCN)C(=O)N1CCCC1C(=O)O. The van der Waals surface area contributed by atoms with Gasteiger partial charge in [-0.1, -0.05) is 6.42 Å². The van der Waals surface area contributed by atoms with Gasteiger partial charge in [-0.05, 0) is 39.2 Å². The van der Waals surface area contributed by atoms with E-state index < -0.39 is 60.2 Å². The predicted molar refractivity (Wildman–Crippen MR) is 105 cm³/mol. The van der Waals surface area contributed by atoms with Gasteiger partial charge in [0.05, 0.1) is 12.5 Å². The number of carboxylic acid groups (broad SMARTS) is 2. The summed E-state index contributed by atoms with van der Waals surface area (Å²) in [5.74, 6) is -4.59. The van der Waals surface area contributed by atoms with Crippen LogP contribution in [0, 0.1) is 0 Å². The summed E-state index contributed by atoms with van der Waals surface area (Å²) in [5.41, 5.74) is 11.1. The molecule has 0 aromatic rings. The molecule has 30 heavy (non-hydrogen) atoms. The Kier molecular flexibility index (Phi) is 10.2. The van der Waals surface area contributed by atoms with E-state index in [0.29, 0.717) is 38.6 Å². The van der Waals surface area contributed by atoms with Crippen molar-refractivity contribution in [3.63, 3.8) is 0 Å². The molecule has 1 fully saturated rings. The van der Waals surface area contributed by atoms with Gasteiger partial charge < -0.3 is 37.2 Å². The van der Waals surface area contributed by atoms with E-state index in [-0.39, 0.29) is 6.54 Å². The fraction of sp³-hybridized carbons (Fsp3) is 0.722. The molecule has 0 spiro atoms. The molecule has 4 atom stereocenters. The number of amides is 3. The summed E-state index contributed by atoms with van der Waals surface area (Å²) < 4.78 is 0. The van der Waals surface area contributed by atoms with Crippen LogP contribution in [0.5, 0.6) is 0 Å². The maximum Gasteiger partial charge on any atom is 0.326 e. The average Bonchev–Trinajstić information content (AvgIpc) is 3.16. The highest BCUT2D eigenvalue weighted by atomic mass is 16.4. The van der Waals surface area contributed by atoms with Gasteiger partial charge in [-0.3, -0.25) is 19.2 Å². The summed E-state index contributed by atoms with van der Waals surface area (Å²) in [6.45, 7) is 2.07. The lowest BCUT2D eigenvalue weighted by Crippen LogP contribution is -2.56. The van der Waals surface area contributed by atoms with E-state index in [9.17, 15) is 29.1 Å². The maximum atomic E-state index is 12.5.